The third-order valence-corrected chi connectivity index (χ3v) is 2.30. The van der Waals surface area contributed by atoms with Crippen LogP contribution in [0, 0.1) is 0 Å². The Bertz CT molecular complexity index is 616. The second-order valence-corrected chi connectivity index (χ2v) is 3.18. The second kappa shape index (κ2) is 4.44. The fourth-order valence-corrected chi connectivity index (χ4v) is 1.67. The first-order valence-corrected chi connectivity index (χ1v) is 4.75. The monoisotopic (exact) mass is 214 g/mol. The maximum absolute atomic E-state index is 8.36. The molecule has 80 valence electrons. The van der Waals surface area contributed by atoms with Crippen molar-refractivity contribution in [3.63, 3.8) is 0 Å². The van der Waals surface area contributed by atoms with E-state index in [0.29, 0.717) is 0 Å². The van der Waals surface area contributed by atoms with E-state index in [1.54, 1.807) is 0 Å². The molecular weight excluding hydrogens is 204 g/mol. The number of hydrogen-bond acceptors (Lipinski definition) is 2. The Labute approximate surface area is 91.6 Å². The molecule has 2 heterocycles. The number of H-pyrrole nitrogens is 1. The standard InChI is InChI=1S/C11H8N2.CH2O2/c1-2-9-10(12-6-1)4-3-8-5-7-13-11(8)9;2-1-3/h1-7,12H;1H,(H,2,3). The van der Waals surface area contributed by atoms with Crippen LogP contribution >= 0.6 is 0 Å². The zero-order chi connectivity index (χ0) is 11.4. The van der Waals surface area contributed by atoms with E-state index < -0.39 is 0 Å². The van der Waals surface area contributed by atoms with Crippen LogP contribution in [-0.2, 0) is 4.79 Å². The van der Waals surface area contributed by atoms with Gasteiger partial charge in [0.05, 0.1) is 5.52 Å². The molecular formula is C12H10N2O2. The number of nitrogens with zero attached hydrogens (tertiary/aromatic N) is 1. The van der Waals surface area contributed by atoms with Crippen LogP contribution in [0.1, 0.15) is 0 Å². The number of nitrogens with one attached hydrogen (secondary N) is 1. The molecule has 0 aliphatic heterocycles. The van der Waals surface area contributed by atoms with Gasteiger partial charge < -0.3 is 10.1 Å². The Morgan fingerprint density at radius 1 is 1.25 bits per heavy atom. The molecule has 0 unspecified atom stereocenters. The van der Waals surface area contributed by atoms with Crippen molar-refractivity contribution >= 4 is 28.3 Å². The van der Waals surface area contributed by atoms with Gasteiger partial charge in [0.1, 0.15) is 0 Å². The van der Waals surface area contributed by atoms with Crippen LogP contribution in [0.5, 0.6) is 0 Å². The first-order chi connectivity index (χ1) is 7.86. The lowest BCUT2D eigenvalue weighted by Gasteiger charge is -1.97. The van der Waals surface area contributed by atoms with Crippen molar-refractivity contribution in [3.05, 3.63) is 42.7 Å². The minimum atomic E-state index is -0.250. The second-order valence-electron chi connectivity index (χ2n) is 3.18. The molecule has 0 spiro atoms. The third-order valence-electron chi connectivity index (χ3n) is 2.30. The average Bonchev–Trinajstić information content (AvgIpc) is 2.78. The summed E-state index contributed by atoms with van der Waals surface area (Å²) < 4.78 is 0. The molecule has 0 amide bonds. The maximum Gasteiger partial charge on any atom is 0.290 e. The minimum absolute atomic E-state index is 0.250. The first kappa shape index (κ1) is 10.2. The molecule has 0 saturated heterocycles. The largest absolute Gasteiger partial charge is 0.483 e. The van der Waals surface area contributed by atoms with E-state index in [4.69, 9.17) is 9.90 Å². The molecule has 3 aromatic rings. The van der Waals surface area contributed by atoms with E-state index in [0.717, 1.165) is 11.0 Å². The number of carbonyl (C=O) groups is 1. The van der Waals surface area contributed by atoms with Gasteiger partial charge >= 0.3 is 0 Å². The number of fused-ring (bicyclic) bond motifs is 3. The summed E-state index contributed by atoms with van der Waals surface area (Å²) in [5.41, 5.74) is 2.21. The number of rotatable bonds is 0. The molecule has 0 aliphatic rings. The van der Waals surface area contributed by atoms with Gasteiger partial charge in [-0.15, -0.1) is 0 Å². The normalized spacial score (nSPS) is 9.75. The summed E-state index contributed by atoms with van der Waals surface area (Å²) in [5, 5.41) is 9.28. The Kier molecular flexibility index (Phi) is 2.82. The molecule has 2 aromatic heterocycles. The molecule has 4 heteroatoms. The zero-order valence-electron chi connectivity index (χ0n) is 8.42. The Hall–Kier alpha value is -2.36. The topological polar surface area (TPSA) is 66.0 Å². The molecule has 0 bridgehead atoms. The quantitative estimate of drug-likeness (QED) is 0.565. The van der Waals surface area contributed by atoms with E-state index in [-0.39, 0.29) is 6.47 Å². The van der Waals surface area contributed by atoms with Crippen LogP contribution in [0.25, 0.3) is 21.8 Å². The summed E-state index contributed by atoms with van der Waals surface area (Å²) in [6.07, 6.45) is 3.77. The summed E-state index contributed by atoms with van der Waals surface area (Å²) in [4.78, 5) is 15.9. The van der Waals surface area contributed by atoms with Gasteiger partial charge in [-0.25, -0.2) is 0 Å². The van der Waals surface area contributed by atoms with Crippen molar-refractivity contribution in [2.75, 3.05) is 0 Å². The number of aromatic nitrogens is 2. The van der Waals surface area contributed by atoms with Crippen molar-refractivity contribution in [2.45, 2.75) is 0 Å². The zero-order valence-corrected chi connectivity index (χ0v) is 8.42. The smallest absolute Gasteiger partial charge is 0.290 e. The molecule has 0 aliphatic carbocycles. The number of aromatic amines is 1. The summed E-state index contributed by atoms with van der Waals surface area (Å²) in [6.45, 7) is -0.250. The molecule has 1 aromatic carbocycles. The highest BCUT2D eigenvalue weighted by Crippen LogP contribution is 2.21. The molecule has 3 rings (SSSR count). The van der Waals surface area contributed by atoms with Gasteiger partial charge in [0.25, 0.3) is 6.47 Å². The lowest BCUT2D eigenvalue weighted by molar-refractivity contribution is -0.122. The predicted octanol–water partition coefficient (Wildman–Crippen LogP) is 2.42. The predicted molar refractivity (Wildman–Crippen MR) is 62.3 cm³/mol. The third kappa shape index (κ3) is 1.72. The van der Waals surface area contributed by atoms with Crippen molar-refractivity contribution in [3.8, 4) is 0 Å². The molecule has 16 heavy (non-hydrogen) atoms. The molecule has 2 N–H and O–H groups in total. The number of carboxylic acid groups (broad SMARTS) is 1. The van der Waals surface area contributed by atoms with Crippen molar-refractivity contribution in [2.24, 2.45) is 0 Å². The summed E-state index contributed by atoms with van der Waals surface area (Å²) in [5.74, 6) is 0. The summed E-state index contributed by atoms with van der Waals surface area (Å²) >= 11 is 0. The van der Waals surface area contributed by atoms with Crippen LogP contribution in [0.15, 0.2) is 42.7 Å². The van der Waals surface area contributed by atoms with Gasteiger partial charge in [-0.3, -0.25) is 9.78 Å². The van der Waals surface area contributed by atoms with Crippen molar-refractivity contribution < 1.29 is 9.90 Å². The van der Waals surface area contributed by atoms with Crippen LogP contribution in [0.4, 0.5) is 0 Å². The Balaban J connectivity index is 0.000000292. The molecule has 0 saturated carbocycles. The van der Waals surface area contributed by atoms with Gasteiger partial charge in [-0.05, 0) is 24.3 Å². The van der Waals surface area contributed by atoms with Crippen LogP contribution in [-0.4, -0.2) is 21.5 Å². The highest BCUT2D eigenvalue weighted by Gasteiger charge is 2.00. The fraction of sp³-hybridized carbons (Fsp3) is 0. The lowest BCUT2D eigenvalue weighted by Crippen LogP contribution is -1.77. The van der Waals surface area contributed by atoms with Crippen LogP contribution in [0.2, 0.25) is 0 Å². The first-order valence-electron chi connectivity index (χ1n) is 4.75. The minimum Gasteiger partial charge on any atom is -0.483 e. The van der Waals surface area contributed by atoms with Gasteiger partial charge in [0, 0.05) is 28.7 Å². The summed E-state index contributed by atoms with van der Waals surface area (Å²) in [7, 11) is 0. The Morgan fingerprint density at radius 3 is 2.88 bits per heavy atom. The van der Waals surface area contributed by atoms with Gasteiger partial charge in [-0.2, -0.15) is 0 Å². The SMILES string of the molecule is O=CO.c1c[nH]c2ccc3ccnc3c2c1. The molecule has 0 radical (unpaired) electrons. The van der Waals surface area contributed by atoms with E-state index in [1.807, 2.05) is 24.5 Å². The highest BCUT2D eigenvalue weighted by atomic mass is 16.3. The van der Waals surface area contributed by atoms with Gasteiger partial charge in [-0.1, -0.05) is 6.07 Å². The maximum atomic E-state index is 8.36. The van der Waals surface area contributed by atoms with E-state index in [9.17, 15) is 0 Å². The van der Waals surface area contributed by atoms with E-state index >= 15 is 0 Å². The average molecular weight is 214 g/mol. The highest BCUT2D eigenvalue weighted by molar-refractivity contribution is 6.03. The van der Waals surface area contributed by atoms with Crippen molar-refractivity contribution in [1.82, 2.24) is 9.97 Å². The van der Waals surface area contributed by atoms with Crippen LogP contribution in [0.3, 0.4) is 0 Å². The summed E-state index contributed by atoms with van der Waals surface area (Å²) in [6, 6.07) is 10.3. The molecule has 0 fully saturated rings. The van der Waals surface area contributed by atoms with Gasteiger partial charge in [0.2, 0.25) is 0 Å². The Morgan fingerprint density at radius 2 is 2.06 bits per heavy atom. The van der Waals surface area contributed by atoms with Crippen LogP contribution < -0.4 is 0 Å². The number of pyridine rings is 1. The fourth-order valence-electron chi connectivity index (χ4n) is 1.67. The lowest BCUT2D eigenvalue weighted by atomic mass is 10.1. The molecule has 0 atom stereocenters. The number of benzene rings is 1. The molecule has 4 nitrogen and oxygen atoms in total. The van der Waals surface area contributed by atoms with Crippen molar-refractivity contribution in [1.29, 1.82) is 0 Å². The van der Waals surface area contributed by atoms with Gasteiger partial charge in [0.15, 0.2) is 0 Å². The van der Waals surface area contributed by atoms with E-state index in [2.05, 4.69) is 28.2 Å². The number of hydrogen-bond donors (Lipinski definition) is 2. The van der Waals surface area contributed by atoms with E-state index in [1.165, 1.54) is 10.8 Å².